The maximum absolute atomic E-state index is 14.2. The molecule has 3 heterocycles. The van der Waals surface area contributed by atoms with Crippen LogP contribution >= 0.6 is 0 Å². The molecule has 4 amide bonds. The molecule has 4 N–H and O–H groups in total. The van der Waals surface area contributed by atoms with Crippen LogP contribution in [0.5, 0.6) is 0 Å². The van der Waals surface area contributed by atoms with Gasteiger partial charge in [-0.2, -0.15) is 4.73 Å². The van der Waals surface area contributed by atoms with E-state index in [0.717, 1.165) is 25.7 Å². The first-order valence-corrected chi connectivity index (χ1v) is 16.7. The van der Waals surface area contributed by atoms with E-state index in [-0.39, 0.29) is 29.9 Å². The van der Waals surface area contributed by atoms with Crippen LogP contribution in [0.15, 0.2) is 35.3 Å². The number of nitrogens with zero attached hydrogens (tertiary/aromatic N) is 2. The molecule has 0 bridgehead atoms. The number of aromatic nitrogens is 1. The fraction of sp³-hybridized carbons (Fsp3) is 0.618. The van der Waals surface area contributed by atoms with Crippen molar-refractivity contribution in [2.75, 3.05) is 13.7 Å². The Kier molecular flexibility index (Phi) is 12.2. The van der Waals surface area contributed by atoms with E-state index in [0.29, 0.717) is 49.6 Å². The summed E-state index contributed by atoms with van der Waals surface area (Å²) in [6.45, 7) is 6.05. The zero-order chi connectivity index (χ0) is 33.4. The molecule has 1 aromatic carbocycles. The topological polar surface area (TPSA) is 159 Å². The van der Waals surface area contributed by atoms with Gasteiger partial charge in [0, 0.05) is 11.9 Å². The smallest absolute Gasteiger partial charge is 0.248 e. The number of benzene rings is 1. The fourth-order valence-corrected chi connectivity index (χ4v) is 6.36. The largest absolute Gasteiger partial charge is 0.417 e. The normalized spacial score (nSPS) is 24.2. The molecule has 2 saturated heterocycles. The Balaban J connectivity index is 1.76. The monoisotopic (exact) mass is 639 g/mol. The van der Waals surface area contributed by atoms with E-state index in [1.54, 1.807) is 29.2 Å². The number of para-hydroxylation sites is 1. The highest BCUT2D eigenvalue weighted by Crippen LogP contribution is 2.24. The zero-order valence-electron chi connectivity index (χ0n) is 27.4. The van der Waals surface area contributed by atoms with Crippen molar-refractivity contribution in [1.29, 1.82) is 0 Å². The molecule has 46 heavy (non-hydrogen) atoms. The second kappa shape index (κ2) is 16.1. The van der Waals surface area contributed by atoms with E-state index in [9.17, 15) is 29.1 Å². The standard InChI is InChI=1S/C34H49N5O7/c1-5-21(3)28-34(45)38-19-13-12-18-27(38)32(43)35-25(16-9-7-8-14-22(40)6-2)31(42)37-29(33(44)36-28)24-20-39(46-4)26-17-11-10-15-23(26)30(24)41/h10-11,15,17,20-22,25,27-29,40H,5-9,12-14,16,18-19H2,1-4H3,(H,35,43)(H,36,44)(H,37,42)/t21?,22?,25-,27+,28-,29?/m0/s1. The molecule has 1 aromatic heterocycles. The predicted molar refractivity (Wildman–Crippen MR) is 174 cm³/mol. The van der Waals surface area contributed by atoms with Crippen LogP contribution in [-0.4, -0.2) is 76.2 Å². The van der Waals surface area contributed by atoms with Gasteiger partial charge in [-0.05, 0) is 56.6 Å². The van der Waals surface area contributed by atoms with Crippen molar-refractivity contribution in [1.82, 2.24) is 25.6 Å². The number of hydrogen-bond donors (Lipinski definition) is 4. The third-order valence-electron chi connectivity index (χ3n) is 9.46. The van der Waals surface area contributed by atoms with Crippen LogP contribution in [-0.2, 0) is 19.2 Å². The minimum absolute atomic E-state index is 0.0340. The Morgan fingerprint density at radius 2 is 1.70 bits per heavy atom. The van der Waals surface area contributed by atoms with E-state index in [4.69, 9.17) is 4.84 Å². The van der Waals surface area contributed by atoms with E-state index >= 15 is 0 Å². The summed E-state index contributed by atoms with van der Waals surface area (Å²) in [6.07, 6.45) is 7.18. The van der Waals surface area contributed by atoms with Crippen LogP contribution in [0.2, 0.25) is 0 Å². The summed E-state index contributed by atoms with van der Waals surface area (Å²) in [4.78, 5) is 76.9. The van der Waals surface area contributed by atoms with Crippen molar-refractivity contribution >= 4 is 34.5 Å². The molecule has 0 spiro atoms. The Morgan fingerprint density at radius 1 is 0.935 bits per heavy atom. The van der Waals surface area contributed by atoms with Crippen LogP contribution in [0.3, 0.4) is 0 Å². The van der Waals surface area contributed by atoms with Gasteiger partial charge >= 0.3 is 0 Å². The minimum Gasteiger partial charge on any atom is -0.417 e. The Hall–Kier alpha value is -3.93. The summed E-state index contributed by atoms with van der Waals surface area (Å²) in [5.74, 6) is -2.35. The van der Waals surface area contributed by atoms with Crippen LogP contribution < -0.4 is 26.2 Å². The Labute approximate surface area is 270 Å². The van der Waals surface area contributed by atoms with Crippen molar-refractivity contribution in [3.8, 4) is 0 Å². The van der Waals surface area contributed by atoms with Crippen molar-refractivity contribution in [2.24, 2.45) is 5.92 Å². The second-order valence-electron chi connectivity index (χ2n) is 12.6. The summed E-state index contributed by atoms with van der Waals surface area (Å²) in [7, 11) is 1.43. The van der Waals surface area contributed by atoms with E-state index in [1.807, 2.05) is 20.8 Å². The number of aliphatic hydroxyl groups excluding tert-OH is 1. The van der Waals surface area contributed by atoms with Gasteiger partial charge in [0.25, 0.3) is 0 Å². The molecule has 0 radical (unpaired) electrons. The third-order valence-corrected chi connectivity index (χ3v) is 9.46. The molecule has 2 aliphatic heterocycles. The number of carbonyl (C=O) groups is 4. The quantitative estimate of drug-likeness (QED) is 0.275. The number of hydrogen-bond acceptors (Lipinski definition) is 7. The minimum atomic E-state index is -1.47. The fourth-order valence-electron chi connectivity index (χ4n) is 6.36. The average molecular weight is 640 g/mol. The van der Waals surface area contributed by atoms with Gasteiger partial charge < -0.3 is 30.8 Å². The molecular formula is C34H49N5O7. The lowest BCUT2D eigenvalue weighted by molar-refractivity contribution is -0.147. The van der Waals surface area contributed by atoms with Crippen molar-refractivity contribution in [3.05, 3.63) is 46.2 Å². The molecule has 3 unspecified atom stereocenters. The van der Waals surface area contributed by atoms with Crippen molar-refractivity contribution in [2.45, 2.75) is 115 Å². The maximum Gasteiger partial charge on any atom is 0.248 e. The molecule has 12 heteroatoms. The average Bonchev–Trinajstić information content (AvgIpc) is 3.07. The first kappa shape index (κ1) is 34.9. The van der Waals surface area contributed by atoms with Gasteiger partial charge in [-0.1, -0.05) is 58.6 Å². The molecule has 6 atom stereocenters. The maximum atomic E-state index is 14.2. The van der Waals surface area contributed by atoms with Gasteiger partial charge in [-0.15, -0.1) is 0 Å². The summed E-state index contributed by atoms with van der Waals surface area (Å²) < 4.78 is 1.36. The highest BCUT2D eigenvalue weighted by atomic mass is 16.6. The first-order chi connectivity index (χ1) is 22.1. The lowest BCUT2D eigenvalue weighted by Gasteiger charge is -2.39. The summed E-state index contributed by atoms with van der Waals surface area (Å²) in [5, 5.41) is 18.7. The molecule has 0 aliphatic carbocycles. The van der Waals surface area contributed by atoms with Crippen molar-refractivity contribution in [3.63, 3.8) is 0 Å². The number of piperidine rings is 1. The van der Waals surface area contributed by atoms with Crippen molar-refractivity contribution < 1.29 is 29.1 Å². The number of aliphatic hydroxyl groups is 1. The number of nitrogens with one attached hydrogen (secondary N) is 3. The number of rotatable bonds is 11. The SMILES string of the molecule is CCC(O)CCCCC[C@@H]1NC(=O)[C@H]2CCCCN2C(=O)[C@H](C(C)CC)NC(=O)C(c2cn(OC)c3ccccc3c2=O)NC1=O. The Bertz CT molecular complexity index is 1460. The number of unbranched alkanes of at least 4 members (excludes halogenated alkanes) is 2. The van der Waals surface area contributed by atoms with Crippen LogP contribution in [0.25, 0.3) is 10.9 Å². The molecule has 4 rings (SSSR count). The number of amides is 4. The van der Waals surface area contributed by atoms with Crippen LogP contribution in [0.1, 0.15) is 96.6 Å². The lowest BCUT2D eigenvalue weighted by atomic mass is 9.93. The van der Waals surface area contributed by atoms with Gasteiger partial charge in [0.15, 0.2) is 5.43 Å². The first-order valence-electron chi connectivity index (χ1n) is 16.7. The van der Waals surface area contributed by atoms with Gasteiger partial charge in [0.05, 0.1) is 23.4 Å². The molecule has 2 aliphatic rings. The molecule has 2 fully saturated rings. The summed E-state index contributed by atoms with van der Waals surface area (Å²) >= 11 is 0. The highest BCUT2D eigenvalue weighted by Gasteiger charge is 2.41. The second-order valence-corrected chi connectivity index (χ2v) is 12.6. The summed E-state index contributed by atoms with van der Waals surface area (Å²) in [5.41, 5.74) is -0.0110. The van der Waals surface area contributed by atoms with Crippen LogP contribution in [0.4, 0.5) is 0 Å². The van der Waals surface area contributed by atoms with Gasteiger partial charge in [-0.3, -0.25) is 24.0 Å². The molecule has 2 aromatic rings. The van der Waals surface area contributed by atoms with E-state index < -0.39 is 47.3 Å². The lowest BCUT2D eigenvalue weighted by Crippen LogP contribution is -2.63. The molecule has 12 nitrogen and oxygen atoms in total. The van der Waals surface area contributed by atoms with E-state index in [1.165, 1.54) is 18.0 Å². The van der Waals surface area contributed by atoms with Crippen LogP contribution in [0, 0.1) is 5.92 Å². The van der Waals surface area contributed by atoms with Gasteiger partial charge in [0.1, 0.15) is 31.3 Å². The molecular weight excluding hydrogens is 590 g/mol. The predicted octanol–water partition coefficient (Wildman–Crippen LogP) is 2.35. The van der Waals surface area contributed by atoms with Gasteiger partial charge in [-0.25, -0.2) is 0 Å². The van der Waals surface area contributed by atoms with E-state index in [2.05, 4.69) is 16.0 Å². The number of carbonyl (C=O) groups excluding carboxylic acids is 4. The zero-order valence-corrected chi connectivity index (χ0v) is 27.4. The highest BCUT2D eigenvalue weighted by molar-refractivity contribution is 5.98. The molecule has 0 saturated carbocycles. The molecule has 252 valence electrons. The van der Waals surface area contributed by atoms with Gasteiger partial charge in [0.2, 0.25) is 23.6 Å². The third kappa shape index (κ3) is 7.89. The summed E-state index contributed by atoms with van der Waals surface area (Å²) in [6, 6.07) is 2.58. The number of fused-ring (bicyclic) bond motifs is 2. The number of pyridine rings is 1. The Morgan fingerprint density at radius 3 is 2.41 bits per heavy atom.